The standard InChI is InChI=1S/C16H27N3/c1-12(2)19-10-5-6-15(9-11-19)18-16-8-7-13(3)17-14(16)4/h7-8,12,15,18H,5-6,9-11H2,1-4H3. The van der Waals surface area contributed by atoms with Crippen molar-refractivity contribution in [1.82, 2.24) is 9.88 Å². The largest absolute Gasteiger partial charge is 0.381 e. The summed E-state index contributed by atoms with van der Waals surface area (Å²) in [6.45, 7) is 11.2. The Hall–Kier alpha value is -1.09. The number of aryl methyl sites for hydroxylation is 2. The number of nitrogens with zero attached hydrogens (tertiary/aromatic N) is 2. The van der Waals surface area contributed by atoms with E-state index in [1.807, 2.05) is 6.92 Å². The normalized spacial score (nSPS) is 21.4. The molecule has 1 saturated heterocycles. The number of hydrogen-bond donors (Lipinski definition) is 1. The molecule has 1 N–H and O–H groups in total. The fourth-order valence-electron chi connectivity index (χ4n) is 2.84. The lowest BCUT2D eigenvalue weighted by Gasteiger charge is -2.24. The van der Waals surface area contributed by atoms with Gasteiger partial charge < -0.3 is 10.2 Å². The average Bonchev–Trinajstić information content (AvgIpc) is 2.58. The zero-order valence-corrected chi connectivity index (χ0v) is 12.7. The zero-order chi connectivity index (χ0) is 13.8. The van der Waals surface area contributed by atoms with Crippen molar-refractivity contribution in [2.75, 3.05) is 18.4 Å². The average molecular weight is 261 g/mol. The molecule has 1 aliphatic heterocycles. The Morgan fingerprint density at radius 1 is 1.21 bits per heavy atom. The van der Waals surface area contributed by atoms with Crippen molar-refractivity contribution in [1.29, 1.82) is 0 Å². The topological polar surface area (TPSA) is 28.2 Å². The van der Waals surface area contributed by atoms with Crippen molar-refractivity contribution in [2.24, 2.45) is 0 Å². The minimum absolute atomic E-state index is 0.590. The molecule has 0 spiro atoms. The predicted octanol–water partition coefficient (Wildman–Crippen LogP) is 3.37. The maximum atomic E-state index is 4.53. The Morgan fingerprint density at radius 2 is 2.00 bits per heavy atom. The number of pyridine rings is 1. The highest BCUT2D eigenvalue weighted by atomic mass is 15.1. The van der Waals surface area contributed by atoms with Crippen molar-refractivity contribution in [2.45, 2.75) is 59.0 Å². The van der Waals surface area contributed by atoms with Crippen LogP contribution < -0.4 is 5.32 Å². The second-order valence-corrected chi connectivity index (χ2v) is 5.99. The molecule has 2 rings (SSSR count). The van der Waals surface area contributed by atoms with Gasteiger partial charge in [-0.15, -0.1) is 0 Å². The highest BCUT2D eigenvalue weighted by Crippen LogP contribution is 2.20. The van der Waals surface area contributed by atoms with Crippen LogP contribution in [0.15, 0.2) is 12.1 Å². The summed E-state index contributed by atoms with van der Waals surface area (Å²) in [4.78, 5) is 7.12. The monoisotopic (exact) mass is 261 g/mol. The van der Waals surface area contributed by atoms with Crippen LogP contribution in [-0.2, 0) is 0 Å². The van der Waals surface area contributed by atoms with E-state index in [2.05, 4.69) is 48.1 Å². The van der Waals surface area contributed by atoms with Gasteiger partial charge in [-0.3, -0.25) is 4.98 Å². The van der Waals surface area contributed by atoms with Crippen LogP contribution in [0.25, 0.3) is 0 Å². The van der Waals surface area contributed by atoms with Gasteiger partial charge in [-0.25, -0.2) is 0 Å². The Balaban J connectivity index is 1.96. The summed E-state index contributed by atoms with van der Waals surface area (Å²) >= 11 is 0. The van der Waals surface area contributed by atoms with Crippen LogP contribution >= 0.6 is 0 Å². The van der Waals surface area contributed by atoms with E-state index in [0.29, 0.717) is 12.1 Å². The van der Waals surface area contributed by atoms with E-state index >= 15 is 0 Å². The molecule has 2 heterocycles. The molecule has 0 aromatic carbocycles. The molecule has 0 radical (unpaired) electrons. The molecule has 1 aliphatic rings. The summed E-state index contributed by atoms with van der Waals surface area (Å²) in [7, 11) is 0. The van der Waals surface area contributed by atoms with Gasteiger partial charge in [0.15, 0.2) is 0 Å². The van der Waals surface area contributed by atoms with Crippen LogP contribution in [0.2, 0.25) is 0 Å². The summed E-state index contributed by atoms with van der Waals surface area (Å²) < 4.78 is 0. The molecule has 0 aliphatic carbocycles. The number of likely N-dealkylation sites (tertiary alicyclic amines) is 1. The number of rotatable bonds is 3. The molecule has 1 fully saturated rings. The maximum Gasteiger partial charge on any atom is 0.0606 e. The van der Waals surface area contributed by atoms with Crippen molar-refractivity contribution >= 4 is 5.69 Å². The quantitative estimate of drug-likeness (QED) is 0.904. The summed E-state index contributed by atoms with van der Waals surface area (Å²) in [5.41, 5.74) is 3.41. The number of nitrogens with one attached hydrogen (secondary N) is 1. The molecular formula is C16H27N3. The molecule has 1 unspecified atom stereocenters. The molecule has 1 aromatic heterocycles. The van der Waals surface area contributed by atoms with Crippen LogP contribution in [0.4, 0.5) is 5.69 Å². The minimum Gasteiger partial charge on any atom is -0.381 e. The van der Waals surface area contributed by atoms with Gasteiger partial charge >= 0.3 is 0 Å². The number of aromatic nitrogens is 1. The third-order valence-electron chi connectivity index (χ3n) is 4.08. The van der Waals surface area contributed by atoms with Gasteiger partial charge in [0.05, 0.1) is 11.4 Å². The van der Waals surface area contributed by atoms with Gasteiger partial charge in [0.1, 0.15) is 0 Å². The number of anilines is 1. The highest BCUT2D eigenvalue weighted by molar-refractivity contribution is 5.48. The fourth-order valence-corrected chi connectivity index (χ4v) is 2.84. The Labute approximate surface area is 117 Å². The first-order valence-corrected chi connectivity index (χ1v) is 7.51. The van der Waals surface area contributed by atoms with Gasteiger partial charge in [-0.05, 0) is 65.6 Å². The Bertz CT molecular complexity index is 414. The lowest BCUT2D eigenvalue weighted by atomic mass is 10.1. The van der Waals surface area contributed by atoms with E-state index in [1.165, 1.54) is 38.0 Å². The Kier molecular flexibility index (Phi) is 4.81. The first-order valence-electron chi connectivity index (χ1n) is 7.51. The van der Waals surface area contributed by atoms with Gasteiger partial charge in [0.2, 0.25) is 0 Å². The van der Waals surface area contributed by atoms with Crippen LogP contribution in [0.3, 0.4) is 0 Å². The van der Waals surface area contributed by atoms with E-state index in [4.69, 9.17) is 0 Å². The van der Waals surface area contributed by atoms with Crippen LogP contribution in [0.1, 0.15) is 44.5 Å². The molecule has 0 saturated carbocycles. The fraction of sp³-hybridized carbons (Fsp3) is 0.688. The van der Waals surface area contributed by atoms with Crippen molar-refractivity contribution < 1.29 is 0 Å². The SMILES string of the molecule is Cc1ccc(NC2CCCN(C(C)C)CC2)c(C)n1. The molecule has 3 nitrogen and oxygen atoms in total. The minimum atomic E-state index is 0.590. The predicted molar refractivity (Wildman–Crippen MR) is 81.7 cm³/mol. The molecule has 3 heteroatoms. The van der Waals surface area contributed by atoms with Crippen molar-refractivity contribution in [3.8, 4) is 0 Å². The van der Waals surface area contributed by atoms with E-state index in [0.717, 1.165) is 11.4 Å². The van der Waals surface area contributed by atoms with E-state index in [9.17, 15) is 0 Å². The summed E-state index contributed by atoms with van der Waals surface area (Å²) in [6, 6.07) is 5.52. The molecular weight excluding hydrogens is 234 g/mol. The van der Waals surface area contributed by atoms with Crippen molar-refractivity contribution in [3.63, 3.8) is 0 Å². The summed E-state index contributed by atoms with van der Waals surface area (Å²) in [5, 5.41) is 3.69. The van der Waals surface area contributed by atoms with Gasteiger partial charge in [0.25, 0.3) is 0 Å². The molecule has 106 valence electrons. The third kappa shape index (κ3) is 3.93. The molecule has 0 amide bonds. The van der Waals surface area contributed by atoms with Gasteiger partial charge in [0, 0.05) is 24.3 Å². The molecule has 1 aromatic rings. The lowest BCUT2D eigenvalue weighted by molar-refractivity contribution is 0.230. The maximum absolute atomic E-state index is 4.53. The number of hydrogen-bond acceptors (Lipinski definition) is 3. The second-order valence-electron chi connectivity index (χ2n) is 5.99. The van der Waals surface area contributed by atoms with Crippen molar-refractivity contribution in [3.05, 3.63) is 23.5 Å². The van der Waals surface area contributed by atoms with Gasteiger partial charge in [-0.2, -0.15) is 0 Å². The molecule has 19 heavy (non-hydrogen) atoms. The van der Waals surface area contributed by atoms with E-state index in [1.54, 1.807) is 0 Å². The van der Waals surface area contributed by atoms with Crippen LogP contribution in [0, 0.1) is 13.8 Å². The second kappa shape index (κ2) is 6.38. The van der Waals surface area contributed by atoms with Crippen LogP contribution in [0.5, 0.6) is 0 Å². The summed E-state index contributed by atoms with van der Waals surface area (Å²) in [6.07, 6.45) is 3.77. The first-order chi connectivity index (χ1) is 9.06. The Morgan fingerprint density at radius 3 is 2.68 bits per heavy atom. The summed E-state index contributed by atoms with van der Waals surface area (Å²) in [5.74, 6) is 0. The lowest BCUT2D eigenvalue weighted by Crippen LogP contribution is -2.32. The smallest absolute Gasteiger partial charge is 0.0606 e. The zero-order valence-electron chi connectivity index (χ0n) is 12.7. The highest BCUT2D eigenvalue weighted by Gasteiger charge is 2.18. The van der Waals surface area contributed by atoms with E-state index in [-0.39, 0.29) is 0 Å². The first kappa shape index (κ1) is 14.3. The van der Waals surface area contributed by atoms with Gasteiger partial charge in [-0.1, -0.05) is 0 Å². The third-order valence-corrected chi connectivity index (χ3v) is 4.08. The molecule has 1 atom stereocenters. The molecule has 0 bridgehead atoms. The van der Waals surface area contributed by atoms with E-state index < -0.39 is 0 Å². The van der Waals surface area contributed by atoms with Crippen LogP contribution in [-0.4, -0.2) is 35.1 Å².